The van der Waals surface area contributed by atoms with Gasteiger partial charge in [0, 0.05) is 116 Å². The number of rotatable bonds is 13. The first-order chi connectivity index (χ1) is 36.5. The number of nitrogens with zero attached hydrogens (tertiary/aromatic N) is 8. The zero-order chi connectivity index (χ0) is 53.6. The third-order valence-electron chi connectivity index (χ3n) is 14.3. The van der Waals surface area contributed by atoms with Gasteiger partial charge >= 0.3 is 0 Å². The van der Waals surface area contributed by atoms with Crippen LogP contribution in [-0.4, -0.2) is 117 Å². The van der Waals surface area contributed by atoms with Crippen LogP contribution < -0.4 is 31.1 Å². The molecule has 2 amide bonds. The van der Waals surface area contributed by atoms with Gasteiger partial charge in [-0.2, -0.15) is 10.2 Å². The number of carbonyl (C=O) groups is 2. The first-order valence-electron chi connectivity index (χ1n) is 26.7. The second kappa shape index (κ2) is 23.0. The van der Waals surface area contributed by atoms with Crippen LogP contribution in [0.3, 0.4) is 0 Å². The highest BCUT2D eigenvalue weighted by Crippen LogP contribution is 2.37. The Morgan fingerprint density at radius 3 is 1.42 bits per heavy atom. The standard InChI is InChI=1S/2C30H37N7O/c1-20(2)36-13-15-37(16-14-36)27-18-23(10-11-25(27)30(3,4)5)34-29(38)24-7-6-12-31-28(24)33-22-9-8-21-19-32-35-26(21)17-22;1-5-13-36-14-16-37(17-15-36)27-19-23(10-11-25(27)30(2,3)4)34-29(38)24-7-6-12-31-28(24)33-22-9-8-21-20-32-35-26(21)18-22/h6-12,17-20H,13-16H2,1-5H3,(H,31,33)(H,32,35)(H,34,38);6-12,18-20H,5,13-17H2,1-4H3,(H,31,33)(H,32,35)(H,34,38). The van der Waals surface area contributed by atoms with Crippen LogP contribution in [0.4, 0.5) is 45.8 Å². The van der Waals surface area contributed by atoms with Gasteiger partial charge in [0.2, 0.25) is 0 Å². The summed E-state index contributed by atoms with van der Waals surface area (Å²) in [7, 11) is 0. The summed E-state index contributed by atoms with van der Waals surface area (Å²) >= 11 is 0. The normalized spacial score (nSPS) is 14.7. The van der Waals surface area contributed by atoms with Crippen molar-refractivity contribution in [2.24, 2.45) is 0 Å². The molecular formula is C60H74N14O2. The molecule has 2 fully saturated rings. The summed E-state index contributed by atoms with van der Waals surface area (Å²) in [6, 6.07) is 32.0. The average molecular weight is 1020 g/mol. The van der Waals surface area contributed by atoms with Crippen molar-refractivity contribution < 1.29 is 9.59 Å². The molecule has 2 aliphatic heterocycles. The van der Waals surface area contributed by atoms with Crippen molar-refractivity contribution in [3.8, 4) is 0 Å². The highest BCUT2D eigenvalue weighted by atomic mass is 16.2. The zero-order valence-electron chi connectivity index (χ0n) is 45.6. The number of pyridine rings is 2. The second-order valence-electron chi connectivity index (χ2n) is 22.2. The number of piperazine rings is 2. The summed E-state index contributed by atoms with van der Waals surface area (Å²) < 4.78 is 0. The maximum Gasteiger partial charge on any atom is 0.259 e. The average Bonchev–Trinajstić information content (AvgIpc) is 4.09. The number of nitrogens with one attached hydrogen (secondary N) is 6. The SMILES string of the molecule is CC(C)N1CCN(c2cc(NC(=O)c3cccnc3Nc3ccc4cn[nH]c4c3)ccc2C(C)(C)C)CC1.CCCN1CCN(c2cc(NC(=O)c3cccnc3Nc3ccc4cn[nH]c4c3)ccc2C(C)(C)C)CC1. The lowest BCUT2D eigenvalue weighted by atomic mass is 9.85. The van der Waals surface area contributed by atoms with E-state index in [0.29, 0.717) is 28.8 Å². The van der Waals surface area contributed by atoms with Crippen molar-refractivity contribution in [1.82, 2.24) is 40.2 Å². The quantitative estimate of drug-likeness (QED) is 0.0645. The Labute approximate surface area is 447 Å². The van der Waals surface area contributed by atoms with Crippen molar-refractivity contribution in [2.45, 2.75) is 85.6 Å². The van der Waals surface area contributed by atoms with Crippen LogP contribution in [0.5, 0.6) is 0 Å². The third kappa shape index (κ3) is 12.6. The minimum Gasteiger partial charge on any atom is -0.369 e. The number of anilines is 8. The van der Waals surface area contributed by atoms with Gasteiger partial charge in [0.15, 0.2) is 0 Å². The monoisotopic (exact) mass is 1020 g/mol. The van der Waals surface area contributed by atoms with Crippen LogP contribution in [-0.2, 0) is 10.8 Å². The summed E-state index contributed by atoms with van der Waals surface area (Å²) in [4.78, 5) is 45.8. The maximum atomic E-state index is 13.5. The maximum absolute atomic E-state index is 13.5. The van der Waals surface area contributed by atoms with Crippen molar-refractivity contribution in [1.29, 1.82) is 0 Å². The molecule has 396 valence electrons. The molecule has 10 rings (SSSR count). The second-order valence-corrected chi connectivity index (χ2v) is 22.2. The summed E-state index contributed by atoms with van der Waals surface area (Å²) in [5, 5.41) is 29.0. The lowest BCUT2D eigenvalue weighted by molar-refractivity contribution is 0.101. The number of hydrogen-bond acceptors (Lipinski definition) is 12. The fraction of sp³-hybridized carbons (Fsp3) is 0.367. The number of aromatic nitrogens is 6. The molecule has 0 atom stereocenters. The van der Waals surface area contributed by atoms with Gasteiger partial charge in [-0.15, -0.1) is 0 Å². The van der Waals surface area contributed by atoms with E-state index < -0.39 is 0 Å². The first-order valence-corrected chi connectivity index (χ1v) is 26.7. The molecule has 2 saturated heterocycles. The predicted molar refractivity (Wildman–Crippen MR) is 311 cm³/mol. The van der Waals surface area contributed by atoms with Gasteiger partial charge in [0.1, 0.15) is 11.6 Å². The topological polar surface area (TPSA) is 178 Å². The van der Waals surface area contributed by atoms with E-state index in [1.54, 1.807) is 49.1 Å². The molecule has 4 aromatic heterocycles. The highest BCUT2D eigenvalue weighted by molar-refractivity contribution is 6.09. The number of fused-ring (bicyclic) bond motifs is 2. The summed E-state index contributed by atoms with van der Waals surface area (Å²) in [5.41, 5.74) is 10.9. The van der Waals surface area contributed by atoms with Crippen LogP contribution in [0.25, 0.3) is 21.8 Å². The van der Waals surface area contributed by atoms with Gasteiger partial charge in [-0.05, 0) is 134 Å². The molecule has 16 heteroatoms. The molecule has 16 nitrogen and oxygen atoms in total. The van der Waals surface area contributed by atoms with E-state index in [-0.39, 0.29) is 22.6 Å². The lowest BCUT2D eigenvalue weighted by Gasteiger charge is -2.40. The molecule has 4 aromatic carbocycles. The van der Waals surface area contributed by atoms with E-state index in [1.165, 1.54) is 28.9 Å². The van der Waals surface area contributed by atoms with E-state index in [9.17, 15) is 9.59 Å². The Bertz CT molecular complexity index is 3280. The van der Waals surface area contributed by atoms with E-state index in [0.717, 1.165) is 103 Å². The third-order valence-corrected chi connectivity index (χ3v) is 14.3. The number of benzene rings is 4. The van der Waals surface area contributed by atoms with Gasteiger partial charge in [-0.25, -0.2) is 9.97 Å². The van der Waals surface area contributed by atoms with Gasteiger partial charge in [0.05, 0.1) is 34.6 Å². The lowest BCUT2D eigenvalue weighted by Crippen LogP contribution is -2.49. The van der Waals surface area contributed by atoms with Crippen LogP contribution >= 0.6 is 0 Å². The van der Waals surface area contributed by atoms with Crippen LogP contribution in [0.2, 0.25) is 0 Å². The Morgan fingerprint density at radius 2 is 1.00 bits per heavy atom. The number of aromatic amines is 2. The molecule has 8 aromatic rings. The molecule has 6 heterocycles. The van der Waals surface area contributed by atoms with Crippen molar-refractivity contribution in [3.63, 3.8) is 0 Å². The van der Waals surface area contributed by atoms with E-state index in [4.69, 9.17) is 0 Å². The van der Waals surface area contributed by atoms with Crippen LogP contribution in [0.15, 0.2) is 122 Å². The summed E-state index contributed by atoms with van der Waals surface area (Å²) in [6.45, 7) is 29.4. The zero-order valence-corrected chi connectivity index (χ0v) is 45.6. The highest BCUT2D eigenvalue weighted by Gasteiger charge is 2.28. The molecule has 0 saturated carbocycles. The van der Waals surface area contributed by atoms with Gasteiger partial charge in [0.25, 0.3) is 11.8 Å². The number of hydrogen-bond donors (Lipinski definition) is 6. The Hall–Kier alpha value is -7.82. The molecule has 0 spiro atoms. The smallest absolute Gasteiger partial charge is 0.259 e. The molecule has 0 radical (unpaired) electrons. The summed E-state index contributed by atoms with van der Waals surface area (Å²) in [6.07, 6.45) is 8.10. The number of carbonyl (C=O) groups excluding carboxylic acids is 2. The molecule has 2 aliphatic rings. The van der Waals surface area contributed by atoms with Crippen molar-refractivity contribution in [2.75, 3.05) is 90.0 Å². The summed E-state index contributed by atoms with van der Waals surface area (Å²) in [5.74, 6) is 0.593. The fourth-order valence-corrected chi connectivity index (χ4v) is 10.1. The molecule has 0 aliphatic carbocycles. The van der Waals surface area contributed by atoms with Gasteiger partial charge < -0.3 is 31.1 Å². The molecular weight excluding hydrogens is 949 g/mol. The fourth-order valence-electron chi connectivity index (χ4n) is 10.1. The molecule has 0 unspecified atom stereocenters. The molecule has 0 bridgehead atoms. The van der Waals surface area contributed by atoms with Gasteiger partial charge in [-0.1, -0.05) is 60.6 Å². The minimum absolute atomic E-state index is 0.00534. The number of amides is 2. The molecule has 6 N–H and O–H groups in total. The van der Waals surface area contributed by atoms with Crippen LogP contribution in [0, 0.1) is 0 Å². The van der Waals surface area contributed by atoms with E-state index in [1.807, 2.05) is 48.5 Å². The predicted octanol–water partition coefficient (Wildman–Crippen LogP) is 11.6. The van der Waals surface area contributed by atoms with Crippen molar-refractivity contribution >= 4 is 79.4 Å². The van der Waals surface area contributed by atoms with E-state index in [2.05, 4.69) is 158 Å². The first kappa shape index (κ1) is 53.0. The van der Waals surface area contributed by atoms with Crippen LogP contribution in [0.1, 0.15) is 101 Å². The Kier molecular flexibility index (Phi) is 16.0. The minimum atomic E-state index is -0.206. The number of H-pyrrole nitrogens is 2. The largest absolute Gasteiger partial charge is 0.369 e. The van der Waals surface area contributed by atoms with Gasteiger partial charge in [-0.3, -0.25) is 29.6 Å². The van der Waals surface area contributed by atoms with Crippen molar-refractivity contribution in [3.05, 3.63) is 144 Å². The Morgan fingerprint density at radius 1 is 0.566 bits per heavy atom. The van der Waals surface area contributed by atoms with E-state index >= 15 is 0 Å². The Balaban J connectivity index is 0.000000186. The molecule has 76 heavy (non-hydrogen) atoms.